The molecule has 1 aromatic heterocycles. The van der Waals surface area contributed by atoms with Crippen molar-refractivity contribution >= 4 is 5.91 Å². The lowest BCUT2D eigenvalue weighted by molar-refractivity contribution is 0.0897. The molecule has 1 heterocycles. The highest BCUT2D eigenvalue weighted by Crippen LogP contribution is 2.21. The maximum atomic E-state index is 12.4. The summed E-state index contributed by atoms with van der Waals surface area (Å²) in [5.74, 6) is -0.203. The van der Waals surface area contributed by atoms with Crippen molar-refractivity contribution < 1.29 is 9.90 Å². The Kier molecular flexibility index (Phi) is 4.92. The van der Waals surface area contributed by atoms with E-state index in [1.54, 1.807) is 29.2 Å². The van der Waals surface area contributed by atoms with Gasteiger partial charge in [0.25, 0.3) is 5.91 Å². The number of aromatic nitrogens is 3. The Labute approximate surface area is 130 Å². The van der Waals surface area contributed by atoms with Gasteiger partial charge < -0.3 is 10.4 Å². The summed E-state index contributed by atoms with van der Waals surface area (Å²) in [7, 11) is 0. The molecule has 0 saturated carbocycles. The normalized spacial score (nSPS) is 12.9. The topological polar surface area (TPSA) is 80.0 Å². The van der Waals surface area contributed by atoms with E-state index >= 15 is 0 Å². The average molecular weight is 302 g/mol. The minimum absolute atomic E-state index is 0.0310. The van der Waals surface area contributed by atoms with Crippen molar-refractivity contribution in [2.45, 2.75) is 33.2 Å². The van der Waals surface area contributed by atoms with Crippen LogP contribution in [-0.2, 0) is 0 Å². The van der Waals surface area contributed by atoms with E-state index in [-0.39, 0.29) is 24.0 Å². The Morgan fingerprint density at radius 2 is 2.18 bits per heavy atom. The number of amides is 1. The van der Waals surface area contributed by atoms with E-state index in [1.807, 2.05) is 6.07 Å². The number of carbonyl (C=O) groups excluding carboxylic acids is 1. The first-order valence-electron chi connectivity index (χ1n) is 7.26. The van der Waals surface area contributed by atoms with Crippen molar-refractivity contribution in [3.8, 4) is 5.69 Å². The van der Waals surface area contributed by atoms with Crippen LogP contribution in [0.4, 0.5) is 0 Å². The van der Waals surface area contributed by atoms with Gasteiger partial charge in [-0.05, 0) is 30.0 Å². The number of nitrogens with one attached hydrogen (secondary N) is 1. The summed E-state index contributed by atoms with van der Waals surface area (Å²) in [6.07, 6.45) is 3.73. The number of hydrogen-bond acceptors (Lipinski definition) is 4. The lowest BCUT2D eigenvalue weighted by Gasteiger charge is -2.25. The molecule has 0 spiro atoms. The Bertz CT molecular complexity index is 617. The van der Waals surface area contributed by atoms with Crippen molar-refractivity contribution in [1.29, 1.82) is 0 Å². The SMILES string of the molecule is CC(C)(C)CC(CO)NC(=O)c1cccc(-n2cncn2)c1. The third-order valence-corrected chi connectivity index (χ3v) is 3.21. The van der Waals surface area contributed by atoms with Crippen LogP contribution in [0.5, 0.6) is 0 Å². The molecule has 6 heteroatoms. The zero-order valence-corrected chi connectivity index (χ0v) is 13.2. The number of rotatable bonds is 5. The summed E-state index contributed by atoms with van der Waals surface area (Å²) in [6.45, 7) is 6.15. The molecule has 0 aliphatic heterocycles. The summed E-state index contributed by atoms with van der Waals surface area (Å²) in [5, 5.41) is 16.4. The predicted octanol–water partition coefficient (Wildman–Crippen LogP) is 1.79. The molecule has 22 heavy (non-hydrogen) atoms. The summed E-state index contributed by atoms with van der Waals surface area (Å²) < 4.78 is 1.59. The molecule has 2 rings (SSSR count). The molecule has 1 unspecified atom stereocenters. The van der Waals surface area contributed by atoms with Gasteiger partial charge in [-0.3, -0.25) is 4.79 Å². The van der Waals surface area contributed by atoms with Crippen LogP contribution in [0.15, 0.2) is 36.9 Å². The summed E-state index contributed by atoms with van der Waals surface area (Å²) >= 11 is 0. The average Bonchev–Trinajstić information content (AvgIpc) is 2.99. The lowest BCUT2D eigenvalue weighted by atomic mass is 9.88. The van der Waals surface area contributed by atoms with E-state index in [0.717, 1.165) is 5.69 Å². The maximum absolute atomic E-state index is 12.4. The largest absolute Gasteiger partial charge is 0.394 e. The van der Waals surface area contributed by atoms with Gasteiger partial charge in [0.1, 0.15) is 12.7 Å². The molecule has 1 aromatic carbocycles. The van der Waals surface area contributed by atoms with Gasteiger partial charge in [-0.15, -0.1) is 0 Å². The highest BCUT2D eigenvalue weighted by Gasteiger charge is 2.20. The van der Waals surface area contributed by atoms with Crippen molar-refractivity contribution in [3.63, 3.8) is 0 Å². The van der Waals surface area contributed by atoms with Gasteiger partial charge >= 0.3 is 0 Å². The number of benzene rings is 1. The van der Waals surface area contributed by atoms with Gasteiger partial charge in [-0.2, -0.15) is 5.10 Å². The van der Waals surface area contributed by atoms with Gasteiger partial charge in [0, 0.05) is 5.56 Å². The van der Waals surface area contributed by atoms with Crippen LogP contribution < -0.4 is 5.32 Å². The highest BCUT2D eigenvalue weighted by atomic mass is 16.3. The first kappa shape index (κ1) is 16.2. The second-order valence-corrected chi connectivity index (χ2v) is 6.51. The maximum Gasteiger partial charge on any atom is 0.251 e. The van der Waals surface area contributed by atoms with Crippen LogP contribution in [0.25, 0.3) is 5.69 Å². The van der Waals surface area contributed by atoms with Crippen LogP contribution in [0.3, 0.4) is 0 Å². The van der Waals surface area contributed by atoms with E-state index in [4.69, 9.17) is 0 Å². The molecule has 0 saturated heterocycles. The van der Waals surface area contributed by atoms with Crippen LogP contribution in [0.1, 0.15) is 37.6 Å². The Balaban J connectivity index is 2.11. The molecule has 0 aliphatic carbocycles. The predicted molar refractivity (Wildman–Crippen MR) is 83.8 cm³/mol. The Morgan fingerprint density at radius 3 is 2.77 bits per heavy atom. The molecule has 2 N–H and O–H groups in total. The van der Waals surface area contributed by atoms with Crippen LogP contribution in [-0.4, -0.2) is 38.4 Å². The van der Waals surface area contributed by atoms with E-state index < -0.39 is 0 Å². The second kappa shape index (κ2) is 6.70. The fraction of sp³-hybridized carbons (Fsp3) is 0.438. The first-order valence-corrected chi connectivity index (χ1v) is 7.26. The van der Waals surface area contributed by atoms with E-state index in [2.05, 4.69) is 36.2 Å². The van der Waals surface area contributed by atoms with Gasteiger partial charge in [-0.25, -0.2) is 9.67 Å². The molecule has 1 atom stereocenters. The van der Waals surface area contributed by atoms with E-state index in [0.29, 0.717) is 12.0 Å². The number of aliphatic hydroxyl groups excluding tert-OH is 1. The summed E-state index contributed by atoms with van der Waals surface area (Å²) in [6, 6.07) is 6.87. The van der Waals surface area contributed by atoms with E-state index in [1.165, 1.54) is 6.33 Å². The lowest BCUT2D eigenvalue weighted by Crippen LogP contribution is -2.40. The molecule has 2 aromatic rings. The minimum Gasteiger partial charge on any atom is -0.394 e. The minimum atomic E-state index is -0.262. The number of carbonyl (C=O) groups is 1. The highest BCUT2D eigenvalue weighted by molar-refractivity contribution is 5.94. The number of hydrogen-bond donors (Lipinski definition) is 2. The molecule has 0 aliphatic rings. The smallest absolute Gasteiger partial charge is 0.251 e. The van der Waals surface area contributed by atoms with Crippen LogP contribution in [0.2, 0.25) is 0 Å². The molecule has 6 nitrogen and oxygen atoms in total. The first-order chi connectivity index (χ1) is 10.4. The van der Waals surface area contributed by atoms with Gasteiger partial charge in [0.2, 0.25) is 0 Å². The Hall–Kier alpha value is -2.21. The number of nitrogens with zero attached hydrogens (tertiary/aromatic N) is 3. The fourth-order valence-corrected chi connectivity index (χ4v) is 2.30. The van der Waals surface area contributed by atoms with Crippen molar-refractivity contribution in [3.05, 3.63) is 42.5 Å². The molecule has 1 amide bonds. The molecule has 0 bridgehead atoms. The monoisotopic (exact) mass is 302 g/mol. The molecule has 0 radical (unpaired) electrons. The van der Waals surface area contributed by atoms with Crippen molar-refractivity contribution in [2.75, 3.05) is 6.61 Å². The van der Waals surface area contributed by atoms with Crippen LogP contribution >= 0.6 is 0 Å². The van der Waals surface area contributed by atoms with Crippen molar-refractivity contribution in [1.82, 2.24) is 20.1 Å². The standard InChI is InChI=1S/C16H22N4O2/c1-16(2,3)8-13(9-21)19-15(22)12-5-4-6-14(7-12)20-11-17-10-18-20/h4-7,10-11,13,21H,8-9H2,1-3H3,(H,19,22). The zero-order chi connectivity index (χ0) is 16.2. The summed E-state index contributed by atoms with van der Waals surface area (Å²) in [5.41, 5.74) is 1.32. The quantitative estimate of drug-likeness (QED) is 0.882. The van der Waals surface area contributed by atoms with Crippen LogP contribution in [0, 0.1) is 5.41 Å². The molecule has 0 fully saturated rings. The molecular formula is C16H22N4O2. The van der Waals surface area contributed by atoms with Gasteiger partial charge in [-0.1, -0.05) is 26.8 Å². The summed E-state index contributed by atoms with van der Waals surface area (Å²) in [4.78, 5) is 16.2. The molecule has 118 valence electrons. The van der Waals surface area contributed by atoms with Crippen molar-refractivity contribution in [2.24, 2.45) is 5.41 Å². The second-order valence-electron chi connectivity index (χ2n) is 6.51. The molecular weight excluding hydrogens is 280 g/mol. The zero-order valence-electron chi connectivity index (χ0n) is 13.2. The third-order valence-electron chi connectivity index (χ3n) is 3.21. The third kappa shape index (κ3) is 4.39. The van der Waals surface area contributed by atoms with Gasteiger partial charge in [0.15, 0.2) is 0 Å². The fourth-order valence-electron chi connectivity index (χ4n) is 2.30. The Morgan fingerprint density at radius 1 is 1.41 bits per heavy atom. The number of aliphatic hydroxyl groups is 1. The van der Waals surface area contributed by atoms with Gasteiger partial charge in [0.05, 0.1) is 18.3 Å². The van der Waals surface area contributed by atoms with E-state index in [9.17, 15) is 9.90 Å².